The summed E-state index contributed by atoms with van der Waals surface area (Å²) in [6.07, 6.45) is 1.56. The van der Waals surface area contributed by atoms with Crippen molar-refractivity contribution in [3.8, 4) is 17.0 Å². The molecule has 1 aromatic carbocycles. The number of hydrogen-bond acceptors (Lipinski definition) is 6. The minimum absolute atomic E-state index is 0.00452. The number of nitrogens with zero attached hydrogens (tertiary/aromatic N) is 1. The number of anilines is 1. The van der Waals surface area contributed by atoms with Crippen molar-refractivity contribution in [3.63, 3.8) is 0 Å². The molecule has 2 heterocycles. The number of aromatic amines is 1. The van der Waals surface area contributed by atoms with Crippen LogP contribution in [0.5, 0.6) is 5.75 Å². The highest BCUT2D eigenvalue weighted by molar-refractivity contribution is 7.99. The second kappa shape index (κ2) is 10.0. The zero-order valence-electron chi connectivity index (χ0n) is 17.3. The maximum absolute atomic E-state index is 13.4. The molecule has 30 heavy (non-hydrogen) atoms. The van der Waals surface area contributed by atoms with E-state index in [1.807, 2.05) is 44.2 Å². The van der Waals surface area contributed by atoms with Crippen LogP contribution in [0.25, 0.3) is 11.3 Å². The van der Waals surface area contributed by atoms with E-state index in [4.69, 9.17) is 4.74 Å². The molecule has 162 valence electrons. The molecular weight excluding hydrogens is 404 g/mol. The van der Waals surface area contributed by atoms with Gasteiger partial charge in [-0.15, -0.1) is 11.8 Å². The Balaban J connectivity index is 2.04. The predicted octanol–water partition coefficient (Wildman–Crippen LogP) is 1.92. The Labute approximate surface area is 180 Å². The third kappa shape index (κ3) is 4.80. The highest BCUT2D eigenvalue weighted by atomic mass is 32.2. The lowest BCUT2D eigenvalue weighted by Crippen LogP contribution is -2.57. The van der Waals surface area contributed by atoms with Gasteiger partial charge in [-0.3, -0.25) is 19.8 Å². The smallest absolute Gasteiger partial charge is 0.245 e. The van der Waals surface area contributed by atoms with Crippen LogP contribution in [0.2, 0.25) is 0 Å². The Bertz CT molecular complexity index is 865. The summed E-state index contributed by atoms with van der Waals surface area (Å²) in [5.41, 5.74) is 1.51. The van der Waals surface area contributed by atoms with Gasteiger partial charge >= 0.3 is 0 Å². The first kappa shape index (κ1) is 22.2. The fraction of sp³-hybridized carbons (Fsp3) is 0.429. The summed E-state index contributed by atoms with van der Waals surface area (Å²) in [6.45, 7) is 3.70. The summed E-state index contributed by atoms with van der Waals surface area (Å²) in [4.78, 5) is 30.8. The van der Waals surface area contributed by atoms with Gasteiger partial charge in [-0.1, -0.05) is 30.3 Å². The van der Waals surface area contributed by atoms with E-state index >= 15 is 0 Å². The molecule has 1 aliphatic rings. The van der Waals surface area contributed by atoms with E-state index in [2.05, 4.69) is 15.6 Å². The molecule has 2 atom stereocenters. The van der Waals surface area contributed by atoms with Crippen LogP contribution in [0, 0.1) is 0 Å². The Morgan fingerprint density at radius 1 is 1.33 bits per heavy atom. The molecule has 1 aliphatic heterocycles. The summed E-state index contributed by atoms with van der Waals surface area (Å²) < 4.78 is 5.28. The van der Waals surface area contributed by atoms with Crippen LogP contribution in [0.15, 0.2) is 36.5 Å². The number of nitrogens with one attached hydrogen (secondary N) is 3. The lowest BCUT2D eigenvalue weighted by atomic mass is 10.1. The van der Waals surface area contributed by atoms with Crippen LogP contribution in [0.4, 0.5) is 5.69 Å². The summed E-state index contributed by atoms with van der Waals surface area (Å²) >= 11 is 1.61. The van der Waals surface area contributed by atoms with Crippen molar-refractivity contribution in [1.82, 2.24) is 15.6 Å². The van der Waals surface area contributed by atoms with Gasteiger partial charge in [0.05, 0.1) is 18.3 Å². The van der Waals surface area contributed by atoms with Crippen LogP contribution < -0.4 is 15.5 Å². The molecule has 2 aromatic rings. The van der Waals surface area contributed by atoms with Crippen LogP contribution in [0.3, 0.4) is 0 Å². The molecule has 4 N–H and O–H groups in total. The monoisotopic (exact) mass is 432 g/mol. The van der Waals surface area contributed by atoms with E-state index in [1.165, 1.54) is 12.0 Å². The second-order valence-corrected chi connectivity index (χ2v) is 8.41. The average Bonchev–Trinajstić information content (AvgIpc) is 3.38. The third-order valence-electron chi connectivity index (χ3n) is 4.78. The minimum atomic E-state index is -0.928. The maximum Gasteiger partial charge on any atom is 0.245 e. The van der Waals surface area contributed by atoms with Gasteiger partial charge in [-0.05, 0) is 13.8 Å². The van der Waals surface area contributed by atoms with Crippen molar-refractivity contribution in [2.24, 2.45) is 0 Å². The van der Waals surface area contributed by atoms with Gasteiger partial charge in [0, 0.05) is 36.5 Å². The number of H-pyrrole nitrogens is 1. The lowest BCUT2D eigenvalue weighted by molar-refractivity contribution is -0.128. The first-order valence-electron chi connectivity index (χ1n) is 9.83. The molecule has 0 saturated carbocycles. The van der Waals surface area contributed by atoms with E-state index in [0.717, 1.165) is 5.56 Å². The fourth-order valence-electron chi connectivity index (χ4n) is 3.38. The first-order valence-corrected chi connectivity index (χ1v) is 11.0. The van der Waals surface area contributed by atoms with Gasteiger partial charge in [0.25, 0.3) is 0 Å². The zero-order chi connectivity index (χ0) is 21.7. The number of thioether (sulfide) groups is 1. The van der Waals surface area contributed by atoms with E-state index in [0.29, 0.717) is 17.3 Å². The summed E-state index contributed by atoms with van der Waals surface area (Å²) in [6, 6.07) is 7.84. The van der Waals surface area contributed by atoms with Gasteiger partial charge in [0.1, 0.15) is 11.7 Å². The molecule has 0 radical (unpaired) electrons. The molecule has 9 heteroatoms. The number of aromatic hydroxyl groups is 1. The molecule has 3 rings (SSSR count). The Morgan fingerprint density at radius 3 is 2.67 bits per heavy atom. The number of benzene rings is 1. The number of hydrogen-bond donors (Lipinski definition) is 4. The van der Waals surface area contributed by atoms with Crippen LogP contribution in [-0.4, -0.2) is 65.4 Å². The van der Waals surface area contributed by atoms with E-state index in [9.17, 15) is 14.7 Å². The van der Waals surface area contributed by atoms with Gasteiger partial charge in [0.2, 0.25) is 11.8 Å². The number of ether oxygens (including phenoxy) is 1. The average molecular weight is 433 g/mol. The quantitative estimate of drug-likeness (QED) is 0.508. The van der Waals surface area contributed by atoms with Gasteiger partial charge in [-0.2, -0.15) is 0 Å². The van der Waals surface area contributed by atoms with Crippen molar-refractivity contribution < 1.29 is 19.4 Å². The number of amides is 2. The van der Waals surface area contributed by atoms with Crippen LogP contribution in [0.1, 0.15) is 13.8 Å². The van der Waals surface area contributed by atoms with Crippen LogP contribution in [-0.2, 0) is 14.3 Å². The molecule has 1 fully saturated rings. The Kier molecular flexibility index (Phi) is 7.41. The van der Waals surface area contributed by atoms with Crippen molar-refractivity contribution in [2.45, 2.75) is 32.0 Å². The molecule has 8 nitrogen and oxygen atoms in total. The summed E-state index contributed by atoms with van der Waals surface area (Å²) in [7, 11) is 1.48. The topological polar surface area (TPSA) is 107 Å². The molecule has 2 amide bonds. The maximum atomic E-state index is 13.4. The molecule has 0 aliphatic carbocycles. The van der Waals surface area contributed by atoms with Crippen molar-refractivity contribution >= 4 is 29.3 Å². The number of rotatable bonds is 8. The molecule has 1 saturated heterocycles. The fourth-order valence-corrected chi connectivity index (χ4v) is 4.31. The minimum Gasteiger partial charge on any atom is -0.504 e. The lowest BCUT2D eigenvalue weighted by Gasteiger charge is -2.32. The largest absolute Gasteiger partial charge is 0.504 e. The number of methoxy groups -OCH3 is 1. The van der Waals surface area contributed by atoms with Gasteiger partial charge in [-0.25, -0.2) is 0 Å². The second-order valence-electron chi connectivity index (χ2n) is 7.38. The van der Waals surface area contributed by atoms with Crippen molar-refractivity contribution in [2.75, 3.05) is 30.2 Å². The molecule has 2 unspecified atom stereocenters. The SMILES string of the molecule is COCC(C(=O)NC(C)C)N(C(=O)C1CSCN1)c1c[nH]c(-c2ccccc2)c1O. The summed E-state index contributed by atoms with van der Waals surface area (Å²) in [5.74, 6) is 0.546. The molecule has 0 spiro atoms. The number of carbonyl (C=O) groups is 2. The number of carbonyl (C=O) groups excluding carboxylic acids is 2. The van der Waals surface area contributed by atoms with Gasteiger partial charge < -0.3 is 20.1 Å². The van der Waals surface area contributed by atoms with Crippen molar-refractivity contribution in [3.05, 3.63) is 36.5 Å². The normalized spacial score (nSPS) is 17.1. The van der Waals surface area contributed by atoms with Gasteiger partial charge in [0.15, 0.2) is 5.75 Å². The van der Waals surface area contributed by atoms with Crippen LogP contribution >= 0.6 is 11.8 Å². The van der Waals surface area contributed by atoms with E-state index in [-0.39, 0.29) is 35.9 Å². The van der Waals surface area contributed by atoms with Crippen molar-refractivity contribution in [1.29, 1.82) is 0 Å². The molecule has 1 aromatic heterocycles. The van der Waals surface area contributed by atoms with E-state index < -0.39 is 12.1 Å². The van der Waals surface area contributed by atoms with E-state index in [1.54, 1.807) is 18.0 Å². The first-order chi connectivity index (χ1) is 14.4. The molecule has 0 bridgehead atoms. The third-order valence-corrected chi connectivity index (χ3v) is 5.72. The Hall–Kier alpha value is -2.49. The highest BCUT2D eigenvalue weighted by Crippen LogP contribution is 2.38. The number of aromatic nitrogens is 1. The zero-order valence-corrected chi connectivity index (χ0v) is 18.2. The standard InChI is InChI=1S/C21H28N4O4S/c1-13(2)24-20(27)17(10-29-3)25(21(28)15-11-30-12-23-15)16-9-22-18(19(16)26)14-7-5-4-6-8-14/h4-9,13,15,17,22-23,26H,10-12H2,1-3H3,(H,24,27). The summed E-state index contributed by atoms with van der Waals surface area (Å²) in [5, 5.41) is 17.0. The molecular formula is C21H28N4O4S. The predicted molar refractivity (Wildman–Crippen MR) is 119 cm³/mol. The Morgan fingerprint density at radius 2 is 2.07 bits per heavy atom. The highest BCUT2D eigenvalue weighted by Gasteiger charge is 2.38.